The first-order valence-corrected chi connectivity index (χ1v) is 6.22. The minimum absolute atomic E-state index is 0.658. The number of para-hydroxylation sites is 1. The van der Waals surface area contributed by atoms with Crippen LogP contribution in [0.15, 0.2) is 47.1 Å². The number of hydrogen-bond donors (Lipinski definition) is 0. The number of benzene rings is 1. The van der Waals surface area contributed by atoms with Gasteiger partial charge in [0.15, 0.2) is 11.5 Å². The molecule has 0 amide bonds. The van der Waals surface area contributed by atoms with Gasteiger partial charge in [0.05, 0.1) is 12.7 Å². The fourth-order valence-corrected chi connectivity index (χ4v) is 2.12. The van der Waals surface area contributed by atoms with E-state index in [9.17, 15) is 0 Å². The van der Waals surface area contributed by atoms with E-state index in [2.05, 4.69) is 26.0 Å². The maximum absolute atomic E-state index is 5.32. The minimum Gasteiger partial charge on any atom is -0.496 e. The molecule has 0 unspecified atom stereocenters. The molecule has 0 radical (unpaired) electrons. The molecule has 0 saturated heterocycles. The third kappa shape index (κ3) is 1.86. The third-order valence-electron chi connectivity index (χ3n) is 2.65. The lowest BCUT2D eigenvalue weighted by atomic mass is 10.2. The van der Waals surface area contributed by atoms with Gasteiger partial charge in [-0.1, -0.05) is 28.1 Å². The summed E-state index contributed by atoms with van der Waals surface area (Å²) in [6.07, 6.45) is 1.87. The number of aromatic nitrogens is 3. The summed E-state index contributed by atoms with van der Waals surface area (Å²) in [5, 5.41) is 4.44. The number of rotatable bonds is 2. The van der Waals surface area contributed by atoms with Gasteiger partial charge < -0.3 is 4.74 Å². The van der Waals surface area contributed by atoms with Gasteiger partial charge in [0.2, 0.25) is 0 Å². The van der Waals surface area contributed by atoms with E-state index in [0.29, 0.717) is 5.82 Å². The third-order valence-corrected chi connectivity index (χ3v) is 3.14. The van der Waals surface area contributed by atoms with Crippen LogP contribution in [-0.4, -0.2) is 21.7 Å². The van der Waals surface area contributed by atoms with Crippen LogP contribution in [0.2, 0.25) is 0 Å². The summed E-state index contributed by atoms with van der Waals surface area (Å²) in [6.45, 7) is 0. The van der Waals surface area contributed by atoms with Gasteiger partial charge in [-0.3, -0.25) is 0 Å². The Morgan fingerprint density at radius 1 is 1.22 bits per heavy atom. The molecule has 2 heterocycles. The summed E-state index contributed by atoms with van der Waals surface area (Å²) < 4.78 is 8.04. The zero-order chi connectivity index (χ0) is 12.5. The summed E-state index contributed by atoms with van der Waals surface area (Å²) >= 11 is 3.42. The van der Waals surface area contributed by atoms with Gasteiger partial charge in [-0.05, 0) is 24.3 Å². The predicted molar refractivity (Wildman–Crippen MR) is 72.7 cm³/mol. The Morgan fingerprint density at radius 2 is 2.06 bits per heavy atom. The molecule has 0 aliphatic heterocycles. The number of ether oxygens (including phenoxy) is 1. The Bertz CT molecular complexity index is 708. The molecule has 0 bridgehead atoms. The molecule has 0 fully saturated rings. The smallest absolute Gasteiger partial charge is 0.185 e. The second kappa shape index (κ2) is 4.42. The molecule has 4 nitrogen and oxygen atoms in total. The number of fused-ring (bicyclic) bond motifs is 1. The highest BCUT2D eigenvalue weighted by Gasteiger charge is 2.10. The van der Waals surface area contributed by atoms with E-state index < -0.39 is 0 Å². The lowest BCUT2D eigenvalue weighted by Gasteiger charge is -2.03. The van der Waals surface area contributed by atoms with E-state index in [1.165, 1.54) is 0 Å². The fraction of sp³-hybridized carbons (Fsp3) is 0.0769. The van der Waals surface area contributed by atoms with Gasteiger partial charge in [-0.2, -0.15) is 0 Å². The zero-order valence-electron chi connectivity index (χ0n) is 9.67. The molecule has 0 N–H and O–H groups in total. The van der Waals surface area contributed by atoms with Crippen molar-refractivity contribution >= 4 is 21.6 Å². The van der Waals surface area contributed by atoms with Gasteiger partial charge >= 0.3 is 0 Å². The Labute approximate surface area is 112 Å². The predicted octanol–water partition coefficient (Wildman–Crippen LogP) is 3.17. The maximum atomic E-state index is 5.32. The molecule has 2 aromatic heterocycles. The quantitative estimate of drug-likeness (QED) is 0.730. The van der Waals surface area contributed by atoms with E-state index >= 15 is 0 Å². The van der Waals surface area contributed by atoms with Crippen LogP contribution in [-0.2, 0) is 0 Å². The number of halogens is 1. The average molecular weight is 304 g/mol. The summed E-state index contributed by atoms with van der Waals surface area (Å²) in [4.78, 5) is 4.49. The lowest BCUT2D eigenvalue weighted by Crippen LogP contribution is -1.89. The van der Waals surface area contributed by atoms with Crippen LogP contribution in [0.1, 0.15) is 0 Å². The average Bonchev–Trinajstić information content (AvgIpc) is 2.81. The number of pyridine rings is 1. The minimum atomic E-state index is 0.658. The molecule has 3 aromatic rings. The highest BCUT2D eigenvalue weighted by Crippen LogP contribution is 2.27. The van der Waals surface area contributed by atoms with Crippen molar-refractivity contribution in [1.29, 1.82) is 0 Å². The molecule has 0 aliphatic rings. The van der Waals surface area contributed by atoms with Crippen molar-refractivity contribution in [2.24, 2.45) is 0 Å². The highest BCUT2D eigenvalue weighted by atomic mass is 79.9. The van der Waals surface area contributed by atoms with Gasteiger partial charge in [-0.25, -0.2) is 9.50 Å². The van der Waals surface area contributed by atoms with Crippen LogP contribution >= 0.6 is 15.9 Å². The summed E-state index contributed by atoms with van der Waals surface area (Å²) in [5.41, 5.74) is 1.69. The van der Waals surface area contributed by atoms with Gasteiger partial charge in [0, 0.05) is 10.7 Å². The number of methoxy groups -OCH3 is 1. The summed E-state index contributed by atoms with van der Waals surface area (Å²) in [6, 6.07) is 11.6. The normalized spacial score (nSPS) is 10.8. The van der Waals surface area contributed by atoms with Gasteiger partial charge in [0.25, 0.3) is 0 Å². The van der Waals surface area contributed by atoms with Crippen LogP contribution in [0.25, 0.3) is 17.0 Å². The fourth-order valence-electron chi connectivity index (χ4n) is 1.80. The molecule has 0 atom stereocenters. The lowest BCUT2D eigenvalue weighted by molar-refractivity contribution is 0.416. The molecule has 3 rings (SSSR count). The Hall–Kier alpha value is -1.88. The summed E-state index contributed by atoms with van der Waals surface area (Å²) in [5.74, 6) is 1.43. The van der Waals surface area contributed by atoms with Crippen molar-refractivity contribution in [1.82, 2.24) is 14.6 Å². The Balaban J connectivity index is 2.19. The number of nitrogens with zero attached hydrogens (tertiary/aromatic N) is 3. The number of hydrogen-bond acceptors (Lipinski definition) is 3. The molecular weight excluding hydrogens is 294 g/mol. The molecule has 1 aromatic carbocycles. The largest absolute Gasteiger partial charge is 0.496 e. The van der Waals surface area contributed by atoms with Crippen LogP contribution in [0.5, 0.6) is 5.75 Å². The van der Waals surface area contributed by atoms with Crippen molar-refractivity contribution in [3.63, 3.8) is 0 Å². The summed E-state index contributed by atoms with van der Waals surface area (Å²) in [7, 11) is 1.64. The van der Waals surface area contributed by atoms with Crippen molar-refractivity contribution in [2.45, 2.75) is 0 Å². The van der Waals surface area contributed by atoms with E-state index in [-0.39, 0.29) is 0 Å². The van der Waals surface area contributed by atoms with Crippen molar-refractivity contribution < 1.29 is 4.74 Å². The van der Waals surface area contributed by atoms with Crippen molar-refractivity contribution in [3.8, 4) is 17.1 Å². The van der Waals surface area contributed by atoms with E-state index in [4.69, 9.17) is 4.74 Å². The molecule has 0 aliphatic carbocycles. The first-order chi connectivity index (χ1) is 8.78. The molecule has 0 spiro atoms. The Morgan fingerprint density at radius 3 is 2.89 bits per heavy atom. The van der Waals surface area contributed by atoms with E-state index in [1.807, 2.05) is 42.6 Å². The zero-order valence-corrected chi connectivity index (χ0v) is 11.3. The van der Waals surface area contributed by atoms with Crippen molar-refractivity contribution in [2.75, 3.05) is 7.11 Å². The Kier molecular flexibility index (Phi) is 2.76. The van der Waals surface area contributed by atoms with E-state index in [0.717, 1.165) is 21.4 Å². The first-order valence-electron chi connectivity index (χ1n) is 5.43. The SMILES string of the molecule is COc1ccccc1-c1nc2cc(Br)ccn2n1. The second-order valence-electron chi connectivity index (χ2n) is 3.78. The van der Waals surface area contributed by atoms with Crippen LogP contribution in [0.3, 0.4) is 0 Å². The maximum Gasteiger partial charge on any atom is 0.185 e. The van der Waals surface area contributed by atoms with Gasteiger partial charge in [-0.15, -0.1) is 5.10 Å². The molecule has 0 saturated carbocycles. The van der Waals surface area contributed by atoms with Crippen LogP contribution in [0.4, 0.5) is 0 Å². The molecular formula is C13H10BrN3O. The molecule has 5 heteroatoms. The van der Waals surface area contributed by atoms with Crippen LogP contribution < -0.4 is 4.74 Å². The topological polar surface area (TPSA) is 39.4 Å². The molecule has 90 valence electrons. The highest BCUT2D eigenvalue weighted by molar-refractivity contribution is 9.10. The second-order valence-corrected chi connectivity index (χ2v) is 4.70. The standard InChI is InChI=1S/C13H10BrN3O/c1-18-11-5-3-2-4-10(11)13-15-12-8-9(14)6-7-17(12)16-13/h2-8H,1H3. The van der Waals surface area contributed by atoms with Crippen LogP contribution in [0, 0.1) is 0 Å². The van der Waals surface area contributed by atoms with E-state index in [1.54, 1.807) is 11.6 Å². The molecule has 18 heavy (non-hydrogen) atoms. The monoisotopic (exact) mass is 303 g/mol. The first kappa shape index (κ1) is 11.2. The van der Waals surface area contributed by atoms with Crippen molar-refractivity contribution in [3.05, 3.63) is 47.1 Å². The van der Waals surface area contributed by atoms with Gasteiger partial charge in [0.1, 0.15) is 5.75 Å².